The van der Waals surface area contributed by atoms with Crippen LogP contribution in [0.1, 0.15) is 22.1 Å². The van der Waals surface area contributed by atoms with Gasteiger partial charge in [-0.2, -0.15) is 0 Å². The highest BCUT2D eigenvalue weighted by Gasteiger charge is 2.36. The molecule has 1 heterocycles. The fraction of sp³-hybridized carbons (Fsp3) is 0.0714. The first kappa shape index (κ1) is 12.5. The minimum Gasteiger partial charge on any atom is -0.369 e. The molecule has 5 heteroatoms. The van der Waals surface area contributed by atoms with Crippen LogP contribution in [0.25, 0.3) is 0 Å². The summed E-state index contributed by atoms with van der Waals surface area (Å²) in [6.07, 6.45) is -0.999. The van der Waals surface area contributed by atoms with E-state index in [2.05, 4.69) is 0 Å². The summed E-state index contributed by atoms with van der Waals surface area (Å²) in [6.45, 7) is 0. The van der Waals surface area contributed by atoms with Crippen LogP contribution < -0.4 is 4.90 Å². The number of nitrogens with zero attached hydrogens (tertiary/aromatic N) is 1. The van der Waals surface area contributed by atoms with Gasteiger partial charge in [0.05, 0.1) is 10.0 Å². The van der Waals surface area contributed by atoms with Crippen molar-refractivity contribution in [2.45, 2.75) is 6.23 Å². The number of hydrogen-bond donors (Lipinski definition) is 1. The first-order chi connectivity index (χ1) is 9.09. The monoisotopic (exact) mass is 293 g/mol. The Morgan fingerprint density at radius 3 is 2.47 bits per heavy atom. The van der Waals surface area contributed by atoms with Crippen molar-refractivity contribution in [3.05, 3.63) is 63.6 Å². The van der Waals surface area contributed by atoms with Gasteiger partial charge in [-0.1, -0.05) is 41.4 Å². The highest BCUT2D eigenvalue weighted by Crippen LogP contribution is 2.37. The van der Waals surface area contributed by atoms with Crippen LogP contribution in [0.3, 0.4) is 0 Å². The molecular weight excluding hydrogens is 285 g/mol. The van der Waals surface area contributed by atoms with E-state index in [9.17, 15) is 9.90 Å². The Labute approximate surface area is 120 Å². The van der Waals surface area contributed by atoms with E-state index < -0.39 is 6.23 Å². The van der Waals surface area contributed by atoms with Crippen LogP contribution in [-0.4, -0.2) is 11.0 Å². The van der Waals surface area contributed by atoms with Gasteiger partial charge in [-0.25, -0.2) is 0 Å². The number of carbonyl (C=O) groups is 1. The normalized spacial score (nSPS) is 17.7. The zero-order chi connectivity index (χ0) is 13.6. The Morgan fingerprint density at radius 1 is 1.05 bits per heavy atom. The molecular formula is C14H9Cl2NO2. The van der Waals surface area contributed by atoms with E-state index in [0.717, 1.165) is 0 Å². The van der Waals surface area contributed by atoms with E-state index in [4.69, 9.17) is 23.2 Å². The molecule has 0 saturated carbocycles. The van der Waals surface area contributed by atoms with Crippen molar-refractivity contribution in [3.63, 3.8) is 0 Å². The molecule has 19 heavy (non-hydrogen) atoms. The summed E-state index contributed by atoms with van der Waals surface area (Å²) in [6, 6.07) is 11.8. The van der Waals surface area contributed by atoms with Gasteiger partial charge >= 0.3 is 0 Å². The standard InChI is InChI=1S/C14H9Cl2NO2/c15-11-6-5-8(7-12(11)16)17-13(18)9-3-1-2-4-10(9)14(17)19/h1-7,13,18H. The second kappa shape index (κ2) is 4.53. The number of aliphatic hydroxyl groups is 1. The van der Waals surface area contributed by atoms with E-state index in [1.165, 1.54) is 4.90 Å². The van der Waals surface area contributed by atoms with Crippen molar-refractivity contribution in [3.8, 4) is 0 Å². The molecule has 1 aliphatic rings. The molecule has 0 saturated heterocycles. The first-order valence-electron chi connectivity index (χ1n) is 5.65. The van der Waals surface area contributed by atoms with Crippen molar-refractivity contribution in [2.24, 2.45) is 0 Å². The number of halogens is 2. The van der Waals surface area contributed by atoms with Gasteiger partial charge in [-0.3, -0.25) is 9.69 Å². The summed E-state index contributed by atoms with van der Waals surface area (Å²) < 4.78 is 0. The number of rotatable bonds is 1. The number of benzene rings is 2. The number of hydrogen-bond acceptors (Lipinski definition) is 2. The van der Waals surface area contributed by atoms with Crippen molar-refractivity contribution < 1.29 is 9.90 Å². The summed E-state index contributed by atoms with van der Waals surface area (Å²) in [4.78, 5) is 13.6. The molecule has 1 N–H and O–H groups in total. The number of aliphatic hydroxyl groups excluding tert-OH is 1. The molecule has 0 bridgehead atoms. The predicted molar refractivity (Wildman–Crippen MR) is 74.7 cm³/mol. The maximum Gasteiger partial charge on any atom is 0.261 e. The molecule has 0 fully saturated rings. The van der Waals surface area contributed by atoms with Crippen LogP contribution in [-0.2, 0) is 0 Å². The third kappa shape index (κ3) is 1.91. The second-order valence-corrected chi connectivity index (χ2v) is 5.05. The zero-order valence-corrected chi connectivity index (χ0v) is 11.2. The summed E-state index contributed by atoms with van der Waals surface area (Å²) >= 11 is 11.8. The van der Waals surface area contributed by atoms with Crippen LogP contribution in [0, 0.1) is 0 Å². The first-order valence-corrected chi connectivity index (χ1v) is 6.41. The topological polar surface area (TPSA) is 40.5 Å². The molecule has 0 aromatic heterocycles. The van der Waals surface area contributed by atoms with Crippen LogP contribution in [0.4, 0.5) is 5.69 Å². The number of fused-ring (bicyclic) bond motifs is 1. The van der Waals surface area contributed by atoms with Gasteiger partial charge in [-0.15, -0.1) is 0 Å². The minimum absolute atomic E-state index is 0.249. The lowest BCUT2D eigenvalue weighted by atomic mass is 10.1. The molecule has 0 radical (unpaired) electrons. The quantitative estimate of drug-likeness (QED) is 0.872. The van der Waals surface area contributed by atoms with Crippen LogP contribution in [0.2, 0.25) is 10.0 Å². The number of anilines is 1. The molecule has 0 aliphatic carbocycles. The van der Waals surface area contributed by atoms with Gasteiger partial charge in [0.1, 0.15) is 0 Å². The van der Waals surface area contributed by atoms with Gasteiger partial charge in [0, 0.05) is 16.8 Å². The predicted octanol–water partition coefficient (Wildman–Crippen LogP) is 3.64. The number of amides is 1. The van der Waals surface area contributed by atoms with Gasteiger partial charge < -0.3 is 5.11 Å². The molecule has 1 unspecified atom stereocenters. The largest absolute Gasteiger partial charge is 0.369 e. The van der Waals surface area contributed by atoms with E-state index in [0.29, 0.717) is 26.9 Å². The van der Waals surface area contributed by atoms with Crippen LogP contribution in [0.15, 0.2) is 42.5 Å². The molecule has 1 amide bonds. The van der Waals surface area contributed by atoms with E-state index >= 15 is 0 Å². The van der Waals surface area contributed by atoms with Crippen molar-refractivity contribution in [1.29, 1.82) is 0 Å². The summed E-state index contributed by atoms with van der Waals surface area (Å²) in [7, 11) is 0. The molecule has 3 nitrogen and oxygen atoms in total. The average Bonchev–Trinajstić information content (AvgIpc) is 2.66. The lowest BCUT2D eigenvalue weighted by Gasteiger charge is -2.21. The summed E-state index contributed by atoms with van der Waals surface area (Å²) in [5, 5.41) is 11.0. The van der Waals surface area contributed by atoms with E-state index in [-0.39, 0.29) is 5.91 Å². The Morgan fingerprint density at radius 2 is 1.79 bits per heavy atom. The van der Waals surface area contributed by atoms with Crippen LogP contribution >= 0.6 is 23.2 Å². The zero-order valence-electron chi connectivity index (χ0n) is 9.68. The van der Waals surface area contributed by atoms with Gasteiger partial charge in [-0.05, 0) is 24.3 Å². The molecule has 3 rings (SSSR count). The van der Waals surface area contributed by atoms with E-state index in [1.807, 2.05) is 0 Å². The lowest BCUT2D eigenvalue weighted by Crippen LogP contribution is -2.27. The Bertz CT molecular complexity index is 672. The fourth-order valence-corrected chi connectivity index (χ4v) is 2.48. The van der Waals surface area contributed by atoms with E-state index in [1.54, 1.807) is 42.5 Å². The van der Waals surface area contributed by atoms with Gasteiger partial charge in [0.2, 0.25) is 0 Å². The van der Waals surface area contributed by atoms with Crippen molar-refractivity contribution in [1.82, 2.24) is 0 Å². The molecule has 2 aromatic rings. The SMILES string of the molecule is O=C1c2ccccc2C(O)N1c1ccc(Cl)c(Cl)c1. The van der Waals surface area contributed by atoms with Crippen molar-refractivity contribution in [2.75, 3.05) is 4.90 Å². The van der Waals surface area contributed by atoms with Crippen LogP contribution in [0.5, 0.6) is 0 Å². The smallest absolute Gasteiger partial charge is 0.261 e. The molecule has 1 atom stereocenters. The third-order valence-electron chi connectivity index (χ3n) is 3.11. The highest BCUT2D eigenvalue weighted by molar-refractivity contribution is 6.42. The molecule has 2 aromatic carbocycles. The Balaban J connectivity index is 2.08. The second-order valence-electron chi connectivity index (χ2n) is 4.23. The maximum absolute atomic E-state index is 12.3. The minimum atomic E-state index is -0.999. The highest BCUT2D eigenvalue weighted by atomic mass is 35.5. The van der Waals surface area contributed by atoms with Crippen molar-refractivity contribution >= 4 is 34.8 Å². The fourth-order valence-electron chi connectivity index (χ4n) is 2.19. The number of carbonyl (C=O) groups excluding carboxylic acids is 1. The third-order valence-corrected chi connectivity index (χ3v) is 3.85. The Kier molecular flexibility index (Phi) is 2.97. The maximum atomic E-state index is 12.3. The molecule has 1 aliphatic heterocycles. The summed E-state index contributed by atoms with van der Waals surface area (Å²) in [5.41, 5.74) is 1.61. The van der Waals surface area contributed by atoms with Gasteiger partial charge in [0.25, 0.3) is 5.91 Å². The molecule has 96 valence electrons. The Hall–Kier alpha value is -1.55. The molecule has 0 spiro atoms. The average molecular weight is 294 g/mol. The van der Waals surface area contributed by atoms with Gasteiger partial charge in [0.15, 0.2) is 6.23 Å². The lowest BCUT2D eigenvalue weighted by molar-refractivity contribution is 0.0935. The summed E-state index contributed by atoms with van der Waals surface area (Å²) in [5.74, 6) is -0.249.